The van der Waals surface area contributed by atoms with E-state index in [2.05, 4.69) is 40.6 Å². The van der Waals surface area contributed by atoms with Gasteiger partial charge >= 0.3 is 0 Å². The van der Waals surface area contributed by atoms with Crippen LogP contribution in [0.15, 0.2) is 114 Å². The molecule has 0 fully saturated rings. The Morgan fingerprint density at radius 2 is 1.57 bits per heavy atom. The number of nitrogens with zero attached hydrogens (tertiary/aromatic N) is 4. The van der Waals surface area contributed by atoms with E-state index in [0.29, 0.717) is 34.4 Å². The summed E-state index contributed by atoms with van der Waals surface area (Å²) in [6, 6.07) is 32.9. The van der Waals surface area contributed by atoms with Gasteiger partial charge in [-0.3, -0.25) is 19.5 Å². The highest BCUT2D eigenvalue weighted by atomic mass is 32.2. The Bertz CT molecular complexity index is 1610. The zero-order valence-corrected chi connectivity index (χ0v) is 22.6. The van der Waals surface area contributed by atoms with Crippen molar-refractivity contribution in [3.8, 4) is 5.69 Å². The molecule has 200 valence electrons. The summed E-state index contributed by atoms with van der Waals surface area (Å²) < 4.78 is 1.88. The van der Waals surface area contributed by atoms with E-state index in [9.17, 15) is 14.9 Å². The molecule has 1 heterocycles. The number of aromatic nitrogens is 3. The van der Waals surface area contributed by atoms with E-state index in [0.717, 1.165) is 11.1 Å². The summed E-state index contributed by atoms with van der Waals surface area (Å²) in [5, 5.41) is 24.2. The fourth-order valence-corrected chi connectivity index (χ4v) is 5.31. The number of non-ortho nitro benzene ring substituents is 1. The first kappa shape index (κ1) is 26.8. The summed E-state index contributed by atoms with van der Waals surface area (Å²) >= 11 is 1.52. The summed E-state index contributed by atoms with van der Waals surface area (Å²) in [4.78, 5) is 24.2. The number of hydrogen-bond acceptors (Lipinski definition) is 6. The van der Waals surface area contributed by atoms with Gasteiger partial charge in [0.05, 0.1) is 11.0 Å². The van der Waals surface area contributed by atoms with Gasteiger partial charge in [0.25, 0.3) is 11.6 Å². The number of carbonyl (C=O) groups excluding carboxylic acids is 1. The number of hydrogen-bond donors (Lipinski definition) is 1. The largest absolute Gasteiger partial charge is 0.342 e. The van der Waals surface area contributed by atoms with Gasteiger partial charge in [-0.2, -0.15) is 0 Å². The van der Waals surface area contributed by atoms with E-state index >= 15 is 0 Å². The maximum Gasteiger partial charge on any atom is 0.269 e. The molecule has 0 spiro atoms. The minimum Gasteiger partial charge on any atom is -0.342 e. The summed E-state index contributed by atoms with van der Waals surface area (Å²) in [6.07, 6.45) is 0.479. The van der Waals surface area contributed by atoms with E-state index in [1.54, 1.807) is 24.3 Å². The Morgan fingerprint density at radius 3 is 2.25 bits per heavy atom. The predicted octanol–water partition coefficient (Wildman–Crippen LogP) is 6.49. The van der Waals surface area contributed by atoms with Crippen molar-refractivity contribution < 1.29 is 9.72 Å². The van der Waals surface area contributed by atoms with Crippen molar-refractivity contribution in [1.29, 1.82) is 0 Å². The molecule has 8 nitrogen and oxygen atoms in total. The van der Waals surface area contributed by atoms with Gasteiger partial charge in [-0.05, 0) is 48.7 Å². The minimum atomic E-state index is -0.522. The molecule has 0 saturated heterocycles. The van der Waals surface area contributed by atoms with Gasteiger partial charge in [0.15, 0.2) is 11.0 Å². The number of nitro groups is 1. The van der Waals surface area contributed by atoms with E-state index < -0.39 is 11.0 Å². The Hall–Kier alpha value is -4.76. The first-order valence-corrected chi connectivity index (χ1v) is 13.7. The van der Waals surface area contributed by atoms with Crippen LogP contribution >= 0.6 is 11.8 Å². The second-order valence-electron chi connectivity index (χ2n) is 9.31. The quantitative estimate of drug-likeness (QED) is 0.121. The molecule has 1 N–H and O–H groups in total. The molecule has 0 saturated carbocycles. The molecule has 1 aromatic heterocycles. The van der Waals surface area contributed by atoms with Gasteiger partial charge < -0.3 is 5.32 Å². The summed E-state index contributed by atoms with van der Waals surface area (Å²) in [5.41, 5.74) is 4.53. The maximum absolute atomic E-state index is 13.3. The average Bonchev–Trinajstić information content (AvgIpc) is 3.41. The van der Waals surface area contributed by atoms with Crippen molar-refractivity contribution in [2.24, 2.45) is 0 Å². The SMILES string of the molecule is Cc1cccc(CSc2nnc(C(Cc3ccccc3)NC(=O)c3ccccc3)n2-c2ccc([N+](=O)[O-])cc2)c1. The number of benzene rings is 4. The molecule has 0 aliphatic carbocycles. The highest BCUT2D eigenvalue weighted by Crippen LogP contribution is 2.30. The first-order valence-electron chi connectivity index (χ1n) is 12.8. The first-order chi connectivity index (χ1) is 19.5. The van der Waals surface area contributed by atoms with Crippen molar-refractivity contribution in [1.82, 2.24) is 20.1 Å². The molecule has 0 radical (unpaired) electrons. The lowest BCUT2D eigenvalue weighted by Crippen LogP contribution is -2.32. The van der Waals surface area contributed by atoms with Crippen LogP contribution in [0.25, 0.3) is 5.69 Å². The molecule has 40 heavy (non-hydrogen) atoms. The smallest absolute Gasteiger partial charge is 0.269 e. The lowest BCUT2D eigenvalue weighted by molar-refractivity contribution is -0.384. The lowest BCUT2D eigenvalue weighted by Gasteiger charge is -2.20. The predicted molar refractivity (Wildman–Crippen MR) is 156 cm³/mol. The molecule has 9 heteroatoms. The van der Waals surface area contributed by atoms with E-state index in [1.165, 1.54) is 29.5 Å². The number of amides is 1. The average molecular weight is 550 g/mol. The number of rotatable bonds is 10. The van der Waals surface area contributed by atoms with Crippen LogP contribution in [-0.2, 0) is 12.2 Å². The topological polar surface area (TPSA) is 103 Å². The van der Waals surface area contributed by atoms with Crippen LogP contribution in [0.2, 0.25) is 0 Å². The van der Waals surface area contributed by atoms with Crippen LogP contribution in [0.5, 0.6) is 0 Å². The summed E-state index contributed by atoms with van der Waals surface area (Å²) in [7, 11) is 0. The maximum atomic E-state index is 13.3. The number of aryl methyl sites for hydroxylation is 1. The summed E-state index contributed by atoms with van der Waals surface area (Å²) in [6.45, 7) is 2.05. The molecular formula is C31H27N5O3S. The second kappa shape index (κ2) is 12.4. The molecule has 4 aromatic carbocycles. The molecular weight excluding hydrogens is 522 g/mol. The van der Waals surface area contributed by atoms with Crippen molar-refractivity contribution >= 4 is 23.4 Å². The Labute approximate surface area is 236 Å². The number of nitro benzene ring substituents is 1. The van der Waals surface area contributed by atoms with Gasteiger partial charge in [-0.1, -0.05) is 90.1 Å². The van der Waals surface area contributed by atoms with Gasteiger partial charge in [0.2, 0.25) is 0 Å². The van der Waals surface area contributed by atoms with Crippen LogP contribution in [-0.4, -0.2) is 25.6 Å². The fourth-order valence-electron chi connectivity index (χ4n) is 4.40. The van der Waals surface area contributed by atoms with Crippen LogP contribution in [0.4, 0.5) is 5.69 Å². The highest BCUT2D eigenvalue weighted by Gasteiger charge is 2.26. The normalized spacial score (nSPS) is 11.6. The van der Waals surface area contributed by atoms with Crippen LogP contribution in [0.1, 0.15) is 38.9 Å². The van der Waals surface area contributed by atoms with Crippen LogP contribution in [0, 0.1) is 17.0 Å². The molecule has 0 bridgehead atoms. The van der Waals surface area contributed by atoms with Gasteiger partial charge in [0.1, 0.15) is 0 Å². The van der Waals surface area contributed by atoms with Crippen LogP contribution in [0.3, 0.4) is 0 Å². The molecule has 5 rings (SSSR count). The molecule has 1 unspecified atom stereocenters. The van der Waals surface area contributed by atoms with Crippen LogP contribution < -0.4 is 5.32 Å². The molecule has 0 aliphatic heterocycles. The standard InChI is InChI=1S/C31H27N5O3S/c1-22-9-8-12-24(19-22)21-40-31-34-33-29(35(31)26-15-17-27(18-16-26)36(38)39)28(20-23-10-4-2-5-11-23)32-30(37)25-13-6-3-7-14-25/h2-19,28H,20-21H2,1H3,(H,32,37). The zero-order chi connectivity index (χ0) is 27.9. The molecule has 5 aromatic rings. The molecule has 1 atom stereocenters. The highest BCUT2D eigenvalue weighted by molar-refractivity contribution is 7.98. The second-order valence-corrected chi connectivity index (χ2v) is 10.3. The fraction of sp³-hybridized carbons (Fsp3) is 0.129. The van der Waals surface area contributed by atoms with Crippen molar-refractivity contribution in [3.63, 3.8) is 0 Å². The van der Waals surface area contributed by atoms with Gasteiger partial charge in [-0.25, -0.2) is 0 Å². The Balaban J connectivity index is 1.55. The Morgan fingerprint density at radius 1 is 0.900 bits per heavy atom. The van der Waals surface area contributed by atoms with Gasteiger partial charge in [0, 0.05) is 29.1 Å². The van der Waals surface area contributed by atoms with E-state index in [1.807, 2.05) is 59.2 Å². The van der Waals surface area contributed by atoms with E-state index in [4.69, 9.17) is 0 Å². The third-order valence-electron chi connectivity index (χ3n) is 6.36. The van der Waals surface area contributed by atoms with E-state index in [-0.39, 0.29) is 11.6 Å². The monoisotopic (exact) mass is 549 g/mol. The van der Waals surface area contributed by atoms with Crippen molar-refractivity contribution in [3.05, 3.63) is 147 Å². The molecule has 0 aliphatic rings. The zero-order valence-electron chi connectivity index (χ0n) is 21.8. The van der Waals surface area contributed by atoms with Crippen molar-refractivity contribution in [2.75, 3.05) is 0 Å². The van der Waals surface area contributed by atoms with Gasteiger partial charge in [-0.15, -0.1) is 10.2 Å². The molecule has 1 amide bonds. The third-order valence-corrected chi connectivity index (χ3v) is 7.36. The number of nitrogens with one attached hydrogen (secondary N) is 1. The minimum absolute atomic E-state index is 0.00875. The lowest BCUT2D eigenvalue weighted by atomic mass is 10.0. The number of carbonyl (C=O) groups is 1. The van der Waals surface area contributed by atoms with Crippen molar-refractivity contribution in [2.45, 2.75) is 30.3 Å². The Kier molecular flexibility index (Phi) is 8.32. The number of thioether (sulfide) groups is 1. The third kappa shape index (κ3) is 6.44. The summed E-state index contributed by atoms with van der Waals surface area (Å²) in [5.74, 6) is 0.967.